The Morgan fingerprint density at radius 3 is 2.58 bits per heavy atom. The highest BCUT2D eigenvalue weighted by Crippen LogP contribution is 2.38. The predicted molar refractivity (Wildman–Crippen MR) is 124 cm³/mol. The number of hydrogen-bond donors (Lipinski definition) is 1. The van der Waals surface area contributed by atoms with Gasteiger partial charge in [0, 0.05) is 25.6 Å². The Balaban J connectivity index is 1.91. The van der Waals surface area contributed by atoms with Crippen LogP contribution < -0.4 is 10.1 Å². The molecule has 8 nitrogen and oxygen atoms in total. The fraction of sp³-hybridized carbons (Fsp3) is 0.560. The molecule has 3 rings (SSSR count). The van der Waals surface area contributed by atoms with E-state index in [1.165, 1.54) is 23.9 Å². The molecule has 1 fully saturated rings. The van der Waals surface area contributed by atoms with Gasteiger partial charge >= 0.3 is 6.18 Å². The molecule has 1 aliphatic rings. The number of halogens is 3. The molecule has 0 radical (unpaired) electrons. The molecule has 2 heterocycles. The Morgan fingerprint density at radius 1 is 1.33 bits per heavy atom. The van der Waals surface area contributed by atoms with Crippen molar-refractivity contribution in [1.29, 1.82) is 10.5 Å². The molecule has 1 N–H and O–H groups in total. The number of aryl methyl sites for hydroxylation is 2. The average molecular weight is 503 g/mol. The third-order valence-corrected chi connectivity index (χ3v) is 6.66. The first kappa shape index (κ1) is 27.0. The van der Waals surface area contributed by atoms with Gasteiger partial charge in [-0.1, -0.05) is 13.8 Å². The number of alkyl halides is 3. The summed E-state index contributed by atoms with van der Waals surface area (Å²) in [6.45, 7) is 4.09. The largest absolute Gasteiger partial charge is 0.493 e. The van der Waals surface area contributed by atoms with E-state index in [4.69, 9.17) is 4.74 Å². The Labute approximate surface area is 208 Å². The van der Waals surface area contributed by atoms with Gasteiger partial charge in [-0.25, -0.2) is 9.97 Å². The van der Waals surface area contributed by atoms with Gasteiger partial charge in [0.1, 0.15) is 11.9 Å². The van der Waals surface area contributed by atoms with Crippen molar-refractivity contribution < 1.29 is 22.7 Å². The molecule has 0 atom stereocenters. The molecule has 0 spiro atoms. The molecule has 2 aromatic rings. The first-order chi connectivity index (χ1) is 17.1. The lowest BCUT2D eigenvalue weighted by atomic mass is 9.72. The molecule has 1 aliphatic carbocycles. The van der Waals surface area contributed by atoms with Crippen molar-refractivity contribution >= 4 is 5.91 Å². The number of carbonyl (C=O) groups excluding carboxylic acids is 1. The molecule has 0 aliphatic heterocycles. The topological polar surface area (TPSA) is 117 Å². The first-order valence-corrected chi connectivity index (χ1v) is 11.9. The summed E-state index contributed by atoms with van der Waals surface area (Å²) >= 11 is 0. The molecule has 1 saturated carbocycles. The van der Waals surface area contributed by atoms with Gasteiger partial charge in [0.05, 0.1) is 18.6 Å². The number of pyridine rings is 1. The summed E-state index contributed by atoms with van der Waals surface area (Å²) in [5.74, 6) is 0.645. The van der Waals surface area contributed by atoms with E-state index in [0.29, 0.717) is 36.6 Å². The summed E-state index contributed by atoms with van der Waals surface area (Å²) in [6, 6.07) is 5.81. The Bertz CT molecular complexity index is 1180. The third-order valence-electron chi connectivity index (χ3n) is 6.66. The Morgan fingerprint density at radius 2 is 2.03 bits per heavy atom. The smallest absolute Gasteiger partial charge is 0.389 e. The predicted octanol–water partition coefficient (Wildman–Crippen LogP) is 4.65. The number of imidazole rings is 1. The van der Waals surface area contributed by atoms with Gasteiger partial charge in [-0.15, -0.1) is 0 Å². The second-order valence-electron chi connectivity index (χ2n) is 9.27. The minimum absolute atomic E-state index is 0.0681. The van der Waals surface area contributed by atoms with E-state index >= 15 is 0 Å². The van der Waals surface area contributed by atoms with Gasteiger partial charge < -0.3 is 10.1 Å². The summed E-state index contributed by atoms with van der Waals surface area (Å²) in [4.78, 5) is 21.7. The standard InChI is InChI=1S/C25H29F3N6O2/c1-4-20-33-21(23(35)32-15-24(14-30)8-5-16(2)6-9-24)18(12-29)34(20)22-19(36-3)11-17(13-31-22)7-10-25(26,27)28/h11,13,16H,4-10,15H2,1-3H3,(H,32,35). The maximum Gasteiger partial charge on any atom is 0.389 e. The van der Waals surface area contributed by atoms with Crippen LogP contribution in [0.4, 0.5) is 13.2 Å². The number of aromatic nitrogens is 3. The summed E-state index contributed by atoms with van der Waals surface area (Å²) in [5.41, 5.74) is -0.494. The molecule has 36 heavy (non-hydrogen) atoms. The number of hydrogen-bond acceptors (Lipinski definition) is 6. The second kappa shape index (κ2) is 11.0. The highest BCUT2D eigenvalue weighted by Gasteiger charge is 2.35. The van der Waals surface area contributed by atoms with Crippen LogP contribution in [0, 0.1) is 34.0 Å². The number of nitrogens with zero attached hydrogens (tertiary/aromatic N) is 5. The molecule has 0 unspecified atom stereocenters. The van der Waals surface area contributed by atoms with Crippen molar-refractivity contribution in [3.05, 3.63) is 35.0 Å². The average Bonchev–Trinajstić information content (AvgIpc) is 3.25. The monoisotopic (exact) mass is 502 g/mol. The summed E-state index contributed by atoms with van der Waals surface area (Å²) in [7, 11) is 1.35. The fourth-order valence-electron chi connectivity index (χ4n) is 4.39. The van der Waals surface area contributed by atoms with Gasteiger partial charge in [0.25, 0.3) is 5.91 Å². The van der Waals surface area contributed by atoms with Crippen LogP contribution in [-0.2, 0) is 12.8 Å². The van der Waals surface area contributed by atoms with E-state index in [1.807, 2.05) is 6.07 Å². The van der Waals surface area contributed by atoms with Crippen molar-refractivity contribution in [3.63, 3.8) is 0 Å². The lowest BCUT2D eigenvalue weighted by Crippen LogP contribution is -2.39. The highest BCUT2D eigenvalue weighted by molar-refractivity contribution is 5.94. The van der Waals surface area contributed by atoms with E-state index in [1.54, 1.807) is 6.92 Å². The van der Waals surface area contributed by atoms with E-state index in [9.17, 15) is 28.5 Å². The van der Waals surface area contributed by atoms with Gasteiger partial charge in [0.15, 0.2) is 23.0 Å². The third kappa shape index (κ3) is 5.96. The van der Waals surface area contributed by atoms with Crippen molar-refractivity contribution in [2.45, 2.75) is 65.0 Å². The number of methoxy groups -OCH3 is 1. The van der Waals surface area contributed by atoms with Crippen molar-refractivity contribution in [2.75, 3.05) is 13.7 Å². The van der Waals surface area contributed by atoms with Crippen LogP contribution in [0.5, 0.6) is 5.75 Å². The molecule has 0 saturated heterocycles. The quantitative estimate of drug-likeness (QED) is 0.561. The minimum Gasteiger partial charge on any atom is -0.493 e. The van der Waals surface area contributed by atoms with Gasteiger partial charge in [-0.05, 0) is 49.7 Å². The number of amides is 1. The first-order valence-electron chi connectivity index (χ1n) is 11.9. The molecular weight excluding hydrogens is 473 g/mol. The van der Waals surface area contributed by atoms with Crippen LogP contribution in [0.3, 0.4) is 0 Å². The lowest BCUT2D eigenvalue weighted by Gasteiger charge is -2.33. The molecule has 0 bridgehead atoms. The van der Waals surface area contributed by atoms with Crippen LogP contribution in [0.25, 0.3) is 5.82 Å². The van der Waals surface area contributed by atoms with E-state index in [-0.39, 0.29) is 35.9 Å². The molecule has 11 heteroatoms. The Kier molecular flexibility index (Phi) is 8.24. The fourth-order valence-corrected chi connectivity index (χ4v) is 4.39. The van der Waals surface area contributed by atoms with Gasteiger partial charge in [0.2, 0.25) is 0 Å². The molecular formula is C25H29F3N6O2. The van der Waals surface area contributed by atoms with E-state index in [0.717, 1.165) is 12.8 Å². The highest BCUT2D eigenvalue weighted by atomic mass is 19.4. The minimum atomic E-state index is -4.30. The van der Waals surface area contributed by atoms with Crippen LogP contribution in [0.2, 0.25) is 0 Å². The zero-order valence-corrected chi connectivity index (χ0v) is 20.6. The number of nitriles is 2. The lowest BCUT2D eigenvalue weighted by molar-refractivity contribution is -0.134. The van der Waals surface area contributed by atoms with E-state index in [2.05, 4.69) is 28.3 Å². The number of rotatable bonds is 8. The Hall–Kier alpha value is -3.60. The van der Waals surface area contributed by atoms with Crippen LogP contribution >= 0.6 is 0 Å². The van der Waals surface area contributed by atoms with Crippen molar-refractivity contribution in [2.24, 2.45) is 11.3 Å². The second-order valence-corrected chi connectivity index (χ2v) is 9.27. The SMILES string of the molecule is CCc1nc(C(=O)NCC2(C#N)CCC(C)CC2)c(C#N)n1-c1ncc(CCC(F)(F)F)cc1OC. The molecule has 192 valence electrons. The van der Waals surface area contributed by atoms with Crippen LogP contribution in [0.1, 0.15) is 73.5 Å². The molecule has 2 aromatic heterocycles. The maximum absolute atomic E-state index is 13.1. The summed E-state index contributed by atoms with van der Waals surface area (Å²) in [5, 5.41) is 22.5. The van der Waals surface area contributed by atoms with Crippen molar-refractivity contribution in [1.82, 2.24) is 19.9 Å². The van der Waals surface area contributed by atoms with Gasteiger partial charge in [-0.2, -0.15) is 23.7 Å². The summed E-state index contributed by atoms with van der Waals surface area (Å²) < 4.78 is 44.7. The zero-order chi connectivity index (χ0) is 26.5. The van der Waals surface area contributed by atoms with Gasteiger partial charge in [-0.3, -0.25) is 9.36 Å². The maximum atomic E-state index is 13.1. The zero-order valence-electron chi connectivity index (χ0n) is 20.6. The number of carbonyl (C=O) groups is 1. The van der Waals surface area contributed by atoms with E-state index < -0.39 is 23.9 Å². The summed E-state index contributed by atoms with van der Waals surface area (Å²) in [6.07, 6.45) is -0.735. The number of ether oxygens (including phenoxy) is 1. The molecule has 1 amide bonds. The molecule has 0 aromatic carbocycles. The van der Waals surface area contributed by atoms with Crippen LogP contribution in [0.15, 0.2) is 12.3 Å². The van der Waals surface area contributed by atoms with Crippen LogP contribution in [-0.4, -0.2) is 40.3 Å². The normalized spacial score (nSPS) is 19.8. The van der Waals surface area contributed by atoms with Crippen molar-refractivity contribution in [3.8, 4) is 23.7 Å². The number of nitrogens with one attached hydrogen (secondary N) is 1.